The van der Waals surface area contributed by atoms with Crippen LogP contribution in [0, 0.1) is 23.0 Å². The van der Waals surface area contributed by atoms with E-state index < -0.39 is 17.5 Å². The number of nitriles is 1. The maximum Gasteiger partial charge on any atom is 0.259 e. The first-order chi connectivity index (χ1) is 10.6. The van der Waals surface area contributed by atoms with Gasteiger partial charge in [-0.25, -0.2) is 13.8 Å². The van der Waals surface area contributed by atoms with Crippen LogP contribution in [-0.2, 0) is 0 Å². The molecule has 0 aliphatic carbocycles. The largest absolute Gasteiger partial charge is 0.330 e. The zero-order valence-electron chi connectivity index (χ0n) is 11.4. The van der Waals surface area contributed by atoms with Crippen LogP contribution in [0.15, 0.2) is 18.5 Å². The Labute approximate surface area is 124 Å². The molecule has 1 aromatic carbocycles. The fraction of sp³-hybridized carbons (Fsp3) is 0.267. The van der Waals surface area contributed by atoms with E-state index in [1.165, 1.54) is 21.9 Å². The van der Waals surface area contributed by atoms with Gasteiger partial charge in [0.2, 0.25) is 0 Å². The molecule has 110 valence electrons. The topological polar surface area (TPSA) is 61.9 Å². The number of halogens is 2. The summed E-state index contributed by atoms with van der Waals surface area (Å²) in [6, 6.07) is 4.00. The van der Waals surface area contributed by atoms with Gasteiger partial charge in [-0.3, -0.25) is 9.36 Å². The number of fused-ring (bicyclic) bond motifs is 5. The Morgan fingerprint density at radius 3 is 2.95 bits per heavy atom. The fourth-order valence-electron chi connectivity index (χ4n) is 3.34. The van der Waals surface area contributed by atoms with E-state index in [2.05, 4.69) is 4.98 Å². The van der Waals surface area contributed by atoms with E-state index in [1.807, 2.05) is 6.07 Å². The lowest BCUT2D eigenvalue weighted by atomic mass is 10.1. The molecule has 3 heterocycles. The highest BCUT2D eigenvalue weighted by Gasteiger charge is 2.40. The van der Waals surface area contributed by atoms with Gasteiger partial charge < -0.3 is 4.90 Å². The number of nitrogens with zero attached hydrogens (tertiary/aromatic N) is 4. The van der Waals surface area contributed by atoms with Gasteiger partial charge in [-0.15, -0.1) is 0 Å². The van der Waals surface area contributed by atoms with Crippen LogP contribution in [0.4, 0.5) is 8.78 Å². The maximum absolute atomic E-state index is 14.2. The van der Waals surface area contributed by atoms with Crippen LogP contribution in [0.25, 0.3) is 5.69 Å². The highest BCUT2D eigenvalue weighted by molar-refractivity contribution is 5.99. The first-order valence-electron chi connectivity index (χ1n) is 6.90. The van der Waals surface area contributed by atoms with Gasteiger partial charge in [0.1, 0.15) is 18.0 Å². The summed E-state index contributed by atoms with van der Waals surface area (Å²) in [5.41, 5.74) is 0.704. The molecule has 4 rings (SSSR count). The molecule has 1 aromatic heterocycles. The van der Waals surface area contributed by atoms with Gasteiger partial charge in [0, 0.05) is 6.54 Å². The van der Waals surface area contributed by atoms with E-state index >= 15 is 0 Å². The van der Waals surface area contributed by atoms with Gasteiger partial charge >= 0.3 is 0 Å². The lowest BCUT2D eigenvalue weighted by Gasteiger charge is -2.22. The van der Waals surface area contributed by atoms with E-state index in [1.54, 1.807) is 0 Å². The molecule has 2 aromatic rings. The van der Waals surface area contributed by atoms with Crippen LogP contribution in [0.2, 0.25) is 0 Å². The molecule has 22 heavy (non-hydrogen) atoms. The molecular weight excluding hydrogens is 290 g/mol. The second-order valence-electron chi connectivity index (χ2n) is 5.37. The molecule has 7 heteroatoms. The van der Waals surface area contributed by atoms with E-state index in [9.17, 15) is 18.8 Å². The van der Waals surface area contributed by atoms with E-state index in [-0.39, 0.29) is 23.0 Å². The van der Waals surface area contributed by atoms with E-state index in [4.69, 9.17) is 0 Å². The van der Waals surface area contributed by atoms with Crippen molar-refractivity contribution in [3.63, 3.8) is 0 Å². The molecule has 1 fully saturated rings. The lowest BCUT2D eigenvalue weighted by molar-refractivity contribution is 0.0733. The normalized spacial score (nSPS) is 19.2. The van der Waals surface area contributed by atoms with Crippen LogP contribution in [0.1, 0.15) is 40.6 Å². The van der Waals surface area contributed by atoms with Crippen molar-refractivity contribution in [2.45, 2.75) is 18.9 Å². The number of aromatic nitrogens is 2. The van der Waals surface area contributed by atoms with Crippen molar-refractivity contribution >= 4 is 5.91 Å². The van der Waals surface area contributed by atoms with Crippen molar-refractivity contribution in [2.24, 2.45) is 0 Å². The molecular formula is C15H10F2N4O. The smallest absolute Gasteiger partial charge is 0.259 e. The molecule has 0 unspecified atom stereocenters. The molecule has 0 N–H and O–H groups in total. The monoisotopic (exact) mass is 300 g/mol. The molecule has 1 saturated heterocycles. The Bertz CT molecular complexity index is 852. The minimum absolute atomic E-state index is 0.210. The number of rotatable bonds is 0. The first kappa shape index (κ1) is 13.0. The van der Waals surface area contributed by atoms with Crippen molar-refractivity contribution in [3.8, 4) is 11.8 Å². The Kier molecular flexibility index (Phi) is 2.57. The summed E-state index contributed by atoms with van der Waals surface area (Å²) in [6.45, 7) is 0.453. The standard InChI is InChI=1S/C15H10F2N4O/c16-8-3-4-10-12(13(8)17)15(22)20-5-1-2-11(20)14-9(6-18)19-7-21(10)14/h3-4,7,11H,1-2,5H2/t11-/m0/s1. The van der Waals surface area contributed by atoms with Gasteiger partial charge in [0.05, 0.1) is 17.4 Å². The van der Waals surface area contributed by atoms with Crippen LogP contribution < -0.4 is 0 Å². The van der Waals surface area contributed by atoms with Crippen LogP contribution in [-0.4, -0.2) is 26.9 Å². The highest BCUT2D eigenvalue weighted by Crippen LogP contribution is 2.40. The van der Waals surface area contributed by atoms with Gasteiger partial charge in [-0.05, 0) is 25.0 Å². The minimum Gasteiger partial charge on any atom is -0.330 e. The molecule has 2 aliphatic heterocycles. The number of benzene rings is 1. The van der Waals surface area contributed by atoms with Crippen molar-refractivity contribution in [1.29, 1.82) is 5.26 Å². The fourth-order valence-corrected chi connectivity index (χ4v) is 3.34. The van der Waals surface area contributed by atoms with Crippen LogP contribution in [0.5, 0.6) is 0 Å². The van der Waals surface area contributed by atoms with Crippen LogP contribution >= 0.6 is 0 Å². The van der Waals surface area contributed by atoms with Crippen molar-refractivity contribution in [3.05, 3.63) is 47.0 Å². The summed E-state index contributed by atoms with van der Waals surface area (Å²) >= 11 is 0. The predicted octanol–water partition coefficient (Wildman–Crippen LogP) is 2.31. The number of carbonyl (C=O) groups excluding carboxylic acids is 1. The summed E-state index contributed by atoms with van der Waals surface area (Å²) in [4.78, 5) is 18.2. The number of hydrogen-bond acceptors (Lipinski definition) is 3. The Balaban J connectivity index is 2.10. The van der Waals surface area contributed by atoms with E-state index in [0.717, 1.165) is 12.5 Å². The molecule has 5 nitrogen and oxygen atoms in total. The number of carbonyl (C=O) groups is 1. The second-order valence-corrected chi connectivity index (χ2v) is 5.37. The SMILES string of the molecule is N#Cc1ncn2c1[C@@H]1CCCN1C(=O)c1c-2ccc(F)c1F. The zero-order valence-corrected chi connectivity index (χ0v) is 11.4. The Morgan fingerprint density at radius 1 is 1.36 bits per heavy atom. The average Bonchev–Trinajstić information content (AvgIpc) is 3.12. The summed E-state index contributed by atoms with van der Waals surface area (Å²) in [5.74, 6) is -2.76. The third-order valence-electron chi connectivity index (χ3n) is 4.29. The molecule has 0 radical (unpaired) electrons. The summed E-state index contributed by atoms with van der Waals surface area (Å²) in [7, 11) is 0. The third-order valence-corrected chi connectivity index (χ3v) is 4.29. The van der Waals surface area contributed by atoms with Crippen LogP contribution in [0.3, 0.4) is 0 Å². The summed E-state index contributed by atoms with van der Waals surface area (Å²) < 4.78 is 29.3. The Hall–Kier alpha value is -2.75. The molecule has 0 spiro atoms. The molecule has 1 atom stereocenters. The zero-order chi connectivity index (χ0) is 15.4. The highest BCUT2D eigenvalue weighted by atomic mass is 19.2. The van der Waals surface area contributed by atoms with Gasteiger partial charge in [-0.1, -0.05) is 0 Å². The minimum atomic E-state index is -1.16. The number of amides is 1. The van der Waals surface area contributed by atoms with Gasteiger partial charge in [0.25, 0.3) is 5.91 Å². The van der Waals surface area contributed by atoms with Crippen molar-refractivity contribution in [2.75, 3.05) is 6.54 Å². The predicted molar refractivity (Wildman–Crippen MR) is 71.2 cm³/mol. The lowest BCUT2D eigenvalue weighted by Crippen LogP contribution is -2.30. The number of imidazole rings is 1. The Morgan fingerprint density at radius 2 is 2.18 bits per heavy atom. The van der Waals surface area contributed by atoms with E-state index in [0.29, 0.717) is 18.7 Å². The number of hydrogen-bond donors (Lipinski definition) is 0. The third kappa shape index (κ3) is 1.49. The average molecular weight is 300 g/mol. The first-order valence-corrected chi connectivity index (χ1v) is 6.90. The van der Waals surface area contributed by atoms with Crippen molar-refractivity contribution in [1.82, 2.24) is 14.5 Å². The van der Waals surface area contributed by atoms with Crippen molar-refractivity contribution < 1.29 is 13.6 Å². The quantitative estimate of drug-likeness (QED) is 0.750. The summed E-state index contributed by atoms with van der Waals surface area (Å²) in [6.07, 6.45) is 2.81. The van der Waals surface area contributed by atoms with Gasteiger partial charge in [-0.2, -0.15) is 5.26 Å². The molecule has 0 saturated carbocycles. The molecule has 0 bridgehead atoms. The second kappa shape index (κ2) is 4.37. The molecule has 1 amide bonds. The maximum atomic E-state index is 14.2. The molecule has 2 aliphatic rings. The van der Waals surface area contributed by atoms with Gasteiger partial charge in [0.15, 0.2) is 17.3 Å². The summed E-state index contributed by atoms with van der Waals surface area (Å²) in [5, 5.41) is 9.24.